The summed E-state index contributed by atoms with van der Waals surface area (Å²) in [6, 6.07) is 10.2. The van der Waals surface area contributed by atoms with Crippen molar-refractivity contribution in [3.05, 3.63) is 77.5 Å². The molecule has 5 rings (SSSR count). The molecule has 0 spiro atoms. The number of piperazine rings is 1. The third-order valence-corrected chi connectivity index (χ3v) is 9.32. The highest BCUT2D eigenvalue weighted by Crippen LogP contribution is 2.33. The molecule has 1 saturated carbocycles. The number of allylic oxidation sites excluding steroid dienone is 2. The van der Waals surface area contributed by atoms with Gasteiger partial charge in [0.1, 0.15) is 11.6 Å². The zero-order chi connectivity index (χ0) is 28.4. The van der Waals surface area contributed by atoms with Crippen molar-refractivity contribution in [3.63, 3.8) is 0 Å². The average molecular weight is 571 g/mol. The number of hydrogen-bond donors (Lipinski definition) is 0. The zero-order valence-electron chi connectivity index (χ0n) is 23.0. The first-order valence-corrected chi connectivity index (χ1v) is 15.9. The molecule has 40 heavy (non-hydrogen) atoms. The summed E-state index contributed by atoms with van der Waals surface area (Å²) in [5.41, 5.74) is 1.94. The Bertz CT molecular complexity index is 1410. The largest absolute Gasteiger partial charge is 0.375 e. The standard InChI is InChI=1S/C31H36F2N2O4S/c1-21(39-25-5-3-4-6-25)23-9-14-30(29(33)19-23)34-15-17-35(18-16-34)31(36)28-20-26(40(2,37)38)12-13-27(28)22-7-10-24(32)11-8-22/h7-8,10-14,19-21,23,25H,3-6,9,15-18H2,1-2H3. The van der Waals surface area contributed by atoms with E-state index in [1.165, 1.54) is 37.1 Å². The summed E-state index contributed by atoms with van der Waals surface area (Å²) in [6.07, 6.45) is 10.2. The molecular weight excluding hydrogens is 534 g/mol. The van der Waals surface area contributed by atoms with Gasteiger partial charge >= 0.3 is 0 Å². The topological polar surface area (TPSA) is 66.9 Å². The second-order valence-electron chi connectivity index (χ2n) is 11.0. The molecule has 1 saturated heterocycles. The molecule has 0 aromatic heterocycles. The van der Waals surface area contributed by atoms with Crippen molar-refractivity contribution in [3.8, 4) is 11.1 Å². The van der Waals surface area contributed by atoms with Crippen LogP contribution < -0.4 is 0 Å². The van der Waals surface area contributed by atoms with Gasteiger partial charge in [0.15, 0.2) is 9.84 Å². The molecule has 3 aliphatic rings. The van der Waals surface area contributed by atoms with Gasteiger partial charge in [-0.2, -0.15) is 0 Å². The maximum absolute atomic E-state index is 15.2. The lowest BCUT2D eigenvalue weighted by atomic mass is 9.93. The highest BCUT2D eigenvalue weighted by Gasteiger charge is 2.30. The van der Waals surface area contributed by atoms with Gasteiger partial charge in [-0.05, 0) is 67.7 Å². The van der Waals surface area contributed by atoms with Gasteiger partial charge in [0.2, 0.25) is 0 Å². The minimum Gasteiger partial charge on any atom is -0.375 e. The third-order valence-electron chi connectivity index (χ3n) is 8.21. The van der Waals surface area contributed by atoms with Crippen LogP contribution in [0.25, 0.3) is 11.1 Å². The molecule has 0 N–H and O–H groups in total. The first-order chi connectivity index (χ1) is 19.1. The van der Waals surface area contributed by atoms with Crippen LogP contribution in [0.4, 0.5) is 8.78 Å². The van der Waals surface area contributed by atoms with Gasteiger partial charge in [-0.1, -0.05) is 37.1 Å². The molecule has 2 aromatic carbocycles. The summed E-state index contributed by atoms with van der Waals surface area (Å²) in [6.45, 7) is 3.65. The van der Waals surface area contributed by atoms with Crippen molar-refractivity contribution < 1.29 is 26.7 Å². The molecule has 2 atom stereocenters. The predicted octanol–water partition coefficient (Wildman–Crippen LogP) is 5.76. The fourth-order valence-corrected chi connectivity index (χ4v) is 6.50. The molecule has 2 fully saturated rings. The summed E-state index contributed by atoms with van der Waals surface area (Å²) in [7, 11) is -3.55. The molecule has 2 aliphatic carbocycles. The molecular formula is C31H36F2N2O4S. The first kappa shape index (κ1) is 28.5. The van der Waals surface area contributed by atoms with E-state index >= 15 is 4.39 Å². The van der Waals surface area contributed by atoms with Crippen LogP contribution in [0.2, 0.25) is 0 Å². The maximum atomic E-state index is 15.2. The fraction of sp³-hybridized carbons (Fsp3) is 0.452. The Labute approximate surface area is 235 Å². The number of rotatable bonds is 7. The monoisotopic (exact) mass is 570 g/mol. The lowest BCUT2D eigenvalue weighted by molar-refractivity contribution is -0.0191. The van der Waals surface area contributed by atoms with Gasteiger partial charge in [0.05, 0.1) is 22.8 Å². The van der Waals surface area contributed by atoms with Crippen LogP contribution in [0, 0.1) is 11.7 Å². The molecule has 0 bridgehead atoms. The quantitative estimate of drug-likeness (QED) is 0.424. The Hall–Kier alpha value is -3.04. The summed E-state index contributed by atoms with van der Waals surface area (Å²) in [5, 5.41) is 0. The number of sulfone groups is 1. The summed E-state index contributed by atoms with van der Waals surface area (Å²) in [4.78, 5) is 17.3. The average Bonchev–Trinajstić information content (AvgIpc) is 3.45. The molecule has 9 heteroatoms. The van der Waals surface area contributed by atoms with E-state index in [-0.39, 0.29) is 40.3 Å². The molecule has 1 amide bonds. The van der Waals surface area contributed by atoms with E-state index in [1.54, 1.807) is 29.2 Å². The van der Waals surface area contributed by atoms with Crippen LogP contribution >= 0.6 is 0 Å². The van der Waals surface area contributed by atoms with Gasteiger partial charge in [-0.3, -0.25) is 4.79 Å². The molecule has 6 nitrogen and oxygen atoms in total. The Morgan fingerprint density at radius 3 is 2.30 bits per heavy atom. The van der Waals surface area contributed by atoms with Gasteiger partial charge in [0, 0.05) is 43.9 Å². The number of benzene rings is 2. The van der Waals surface area contributed by atoms with E-state index < -0.39 is 15.7 Å². The van der Waals surface area contributed by atoms with E-state index in [4.69, 9.17) is 4.74 Å². The van der Waals surface area contributed by atoms with E-state index in [0.29, 0.717) is 49.4 Å². The lowest BCUT2D eigenvalue weighted by Crippen LogP contribution is -2.48. The van der Waals surface area contributed by atoms with Crippen LogP contribution in [0.1, 0.15) is 49.4 Å². The highest BCUT2D eigenvalue weighted by atomic mass is 32.2. The Morgan fingerprint density at radius 1 is 1.00 bits per heavy atom. The fourth-order valence-electron chi connectivity index (χ4n) is 5.86. The van der Waals surface area contributed by atoms with E-state index in [2.05, 4.69) is 0 Å². The third kappa shape index (κ3) is 6.31. The van der Waals surface area contributed by atoms with E-state index in [0.717, 1.165) is 19.1 Å². The molecule has 2 unspecified atom stereocenters. The lowest BCUT2D eigenvalue weighted by Gasteiger charge is -2.38. The van der Waals surface area contributed by atoms with Crippen LogP contribution in [-0.4, -0.2) is 68.8 Å². The number of ether oxygens (including phenoxy) is 1. The van der Waals surface area contributed by atoms with Crippen molar-refractivity contribution in [1.29, 1.82) is 0 Å². The van der Waals surface area contributed by atoms with Crippen molar-refractivity contribution in [2.24, 2.45) is 5.92 Å². The molecule has 2 aromatic rings. The van der Waals surface area contributed by atoms with Gasteiger partial charge in [0.25, 0.3) is 5.91 Å². The number of carbonyl (C=O) groups excluding carboxylic acids is 1. The first-order valence-electron chi connectivity index (χ1n) is 14.0. The summed E-state index contributed by atoms with van der Waals surface area (Å²) < 4.78 is 59.4. The van der Waals surface area contributed by atoms with Crippen LogP contribution in [0.3, 0.4) is 0 Å². The van der Waals surface area contributed by atoms with Gasteiger partial charge in [-0.15, -0.1) is 0 Å². The smallest absolute Gasteiger partial charge is 0.254 e. The van der Waals surface area contributed by atoms with E-state index in [1.807, 2.05) is 17.9 Å². The van der Waals surface area contributed by atoms with Crippen LogP contribution in [0.5, 0.6) is 0 Å². The Kier molecular flexibility index (Phi) is 8.42. The number of amides is 1. The minimum absolute atomic E-state index is 0.000722. The molecule has 214 valence electrons. The van der Waals surface area contributed by atoms with Crippen molar-refractivity contribution in [2.75, 3.05) is 32.4 Å². The number of nitrogens with zero attached hydrogens (tertiary/aromatic N) is 2. The number of hydrogen-bond acceptors (Lipinski definition) is 5. The summed E-state index contributed by atoms with van der Waals surface area (Å²) >= 11 is 0. The van der Waals surface area contributed by atoms with E-state index in [9.17, 15) is 17.6 Å². The van der Waals surface area contributed by atoms with Gasteiger partial charge < -0.3 is 14.5 Å². The maximum Gasteiger partial charge on any atom is 0.254 e. The van der Waals surface area contributed by atoms with Crippen LogP contribution in [-0.2, 0) is 14.6 Å². The second kappa shape index (κ2) is 11.8. The summed E-state index contributed by atoms with van der Waals surface area (Å²) in [5.74, 6) is -0.964. The Morgan fingerprint density at radius 2 is 1.68 bits per heavy atom. The minimum atomic E-state index is -3.55. The predicted molar refractivity (Wildman–Crippen MR) is 151 cm³/mol. The zero-order valence-corrected chi connectivity index (χ0v) is 23.8. The van der Waals surface area contributed by atoms with Crippen molar-refractivity contribution in [2.45, 2.75) is 56.1 Å². The van der Waals surface area contributed by atoms with Crippen molar-refractivity contribution >= 4 is 15.7 Å². The normalized spacial score (nSPS) is 21.2. The highest BCUT2D eigenvalue weighted by molar-refractivity contribution is 7.90. The second-order valence-corrected chi connectivity index (χ2v) is 13.0. The molecule has 1 heterocycles. The van der Waals surface area contributed by atoms with Gasteiger partial charge in [-0.25, -0.2) is 17.2 Å². The SMILES string of the molecule is CC(OC1CCCC1)C1C=C(F)C(N2CCN(C(=O)c3cc(S(C)(=O)=O)ccc3-c3ccc(F)cc3)CC2)=CC1. The number of carbonyl (C=O) groups is 1. The van der Waals surface area contributed by atoms with Crippen LogP contribution in [0.15, 0.2) is 71.0 Å². The molecule has 0 radical (unpaired) electrons. The van der Waals surface area contributed by atoms with Crippen molar-refractivity contribution in [1.82, 2.24) is 9.80 Å². The number of halogens is 2. The Balaban J connectivity index is 1.27. The molecule has 1 aliphatic heterocycles.